The van der Waals surface area contributed by atoms with Gasteiger partial charge in [0.2, 0.25) is 0 Å². The molecule has 0 N–H and O–H groups in total. The molecule has 2 heteroatoms. The highest BCUT2D eigenvalue weighted by atomic mass is 14.9. The van der Waals surface area contributed by atoms with Gasteiger partial charge < -0.3 is 0 Å². The van der Waals surface area contributed by atoms with Gasteiger partial charge in [0, 0.05) is 16.7 Å². The molecule has 10 aromatic carbocycles. The maximum absolute atomic E-state index is 5.39. The zero-order chi connectivity index (χ0) is 40.3. The Morgan fingerprint density at radius 3 is 1.54 bits per heavy atom. The van der Waals surface area contributed by atoms with E-state index >= 15 is 0 Å². The SMILES string of the molecule is c1ccc(-c2cc(-c3ccc(-c4cccc5c4-c4ccc6ccccc6c4C5(c4ccccc4)c4ccccc4)c4ccccc34)nc(-c3cccc4ccccc34)n2)cc1. The molecule has 0 radical (unpaired) electrons. The highest BCUT2D eigenvalue weighted by molar-refractivity contribution is 6.10. The average Bonchev–Trinajstić information content (AvgIpc) is 3.66. The smallest absolute Gasteiger partial charge is 0.161 e. The van der Waals surface area contributed by atoms with Gasteiger partial charge in [-0.25, -0.2) is 9.97 Å². The van der Waals surface area contributed by atoms with Crippen molar-refractivity contribution in [3.63, 3.8) is 0 Å². The molecule has 0 saturated heterocycles. The Morgan fingerprint density at radius 2 is 0.820 bits per heavy atom. The minimum Gasteiger partial charge on any atom is -0.228 e. The number of fused-ring (bicyclic) bond motifs is 7. The van der Waals surface area contributed by atoms with Crippen molar-refractivity contribution in [1.29, 1.82) is 0 Å². The molecule has 0 bridgehead atoms. The highest BCUT2D eigenvalue weighted by Crippen LogP contribution is 2.60. The first kappa shape index (κ1) is 35.0. The van der Waals surface area contributed by atoms with Gasteiger partial charge >= 0.3 is 0 Å². The van der Waals surface area contributed by atoms with Crippen LogP contribution < -0.4 is 0 Å². The fourth-order valence-corrected chi connectivity index (χ4v) is 10.2. The van der Waals surface area contributed by atoms with Crippen LogP contribution in [0.15, 0.2) is 231 Å². The van der Waals surface area contributed by atoms with Gasteiger partial charge in [0.1, 0.15) is 0 Å². The quantitative estimate of drug-likeness (QED) is 0.168. The zero-order valence-corrected chi connectivity index (χ0v) is 33.3. The Balaban J connectivity index is 1.12. The molecule has 0 saturated carbocycles. The molecule has 1 heterocycles. The summed E-state index contributed by atoms with van der Waals surface area (Å²) >= 11 is 0. The first-order valence-electron chi connectivity index (χ1n) is 21.0. The van der Waals surface area contributed by atoms with Gasteiger partial charge in [0.05, 0.1) is 16.8 Å². The van der Waals surface area contributed by atoms with E-state index in [2.05, 4.69) is 231 Å². The molecular weight excluding hydrogens is 737 g/mol. The summed E-state index contributed by atoms with van der Waals surface area (Å²) in [6, 6.07) is 83.6. The lowest BCUT2D eigenvalue weighted by Gasteiger charge is -2.34. The van der Waals surface area contributed by atoms with Crippen LogP contribution in [0.4, 0.5) is 0 Å². The summed E-state index contributed by atoms with van der Waals surface area (Å²) in [5, 5.41) is 7.14. The van der Waals surface area contributed by atoms with Crippen molar-refractivity contribution in [2.24, 2.45) is 0 Å². The van der Waals surface area contributed by atoms with Gasteiger partial charge in [0.25, 0.3) is 0 Å². The van der Waals surface area contributed by atoms with Crippen LogP contribution in [0.5, 0.6) is 0 Å². The fourth-order valence-electron chi connectivity index (χ4n) is 10.2. The summed E-state index contributed by atoms with van der Waals surface area (Å²) in [4.78, 5) is 10.6. The van der Waals surface area contributed by atoms with Crippen LogP contribution in [0.2, 0.25) is 0 Å². The minimum absolute atomic E-state index is 0.535. The predicted molar refractivity (Wildman–Crippen MR) is 254 cm³/mol. The molecule has 1 aliphatic rings. The van der Waals surface area contributed by atoms with Crippen LogP contribution in [0, 0.1) is 0 Å². The summed E-state index contributed by atoms with van der Waals surface area (Å²) in [5.41, 5.74) is 14.5. The molecule has 0 fully saturated rings. The molecular formula is C59H38N2. The Labute approximate surface area is 355 Å². The zero-order valence-electron chi connectivity index (χ0n) is 33.3. The number of benzene rings is 10. The van der Waals surface area contributed by atoms with E-state index in [0.717, 1.165) is 38.9 Å². The molecule has 284 valence electrons. The number of rotatable bonds is 6. The number of aromatic nitrogens is 2. The van der Waals surface area contributed by atoms with Crippen LogP contribution in [-0.4, -0.2) is 9.97 Å². The molecule has 12 rings (SSSR count). The Hall–Kier alpha value is -7.94. The van der Waals surface area contributed by atoms with E-state index in [1.165, 1.54) is 66.1 Å². The van der Waals surface area contributed by atoms with E-state index in [-0.39, 0.29) is 0 Å². The van der Waals surface area contributed by atoms with E-state index in [0.29, 0.717) is 5.82 Å². The lowest BCUT2D eigenvalue weighted by atomic mass is 9.66. The molecule has 0 atom stereocenters. The maximum atomic E-state index is 5.39. The Bertz CT molecular complexity index is 3420. The van der Waals surface area contributed by atoms with Crippen molar-refractivity contribution in [1.82, 2.24) is 9.97 Å². The molecule has 11 aromatic rings. The van der Waals surface area contributed by atoms with Gasteiger partial charge in [0.15, 0.2) is 5.82 Å². The second-order valence-corrected chi connectivity index (χ2v) is 16.0. The van der Waals surface area contributed by atoms with Crippen LogP contribution in [0.25, 0.3) is 88.5 Å². The Kier molecular flexibility index (Phi) is 8.11. The highest BCUT2D eigenvalue weighted by Gasteiger charge is 2.48. The third-order valence-electron chi connectivity index (χ3n) is 12.8. The van der Waals surface area contributed by atoms with Crippen molar-refractivity contribution in [3.8, 4) is 56.2 Å². The molecule has 1 aromatic heterocycles. The lowest BCUT2D eigenvalue weighted by molar-refractivity contribution is 0.775. The van der Waals surface area contributed by atoms with E-state index in [1.54, 1.807) is 0 Å². The minimum atomic E-state index is -0.535. The summed E-state index contributed by atoms with van der Waals surface area (Å²) in [6.07, 6.45) is 0. The standard InChI is InChI=1S/C59H38N2/c1-4-20-41(21-5-1)54-38-55(61-58(60-54)51-32-16-22-39-18-10-12-27-44(39)51)49-37-36-48(46-29-14-15-30-47(46)49)50-31-17-33-53-56(50)52-35-34-40-19-11-13-28-45(40)57(52)59(53,42-23-6-2-7-24-42)43-25-8-3-9-26-43/h1-38H. The summed E-state index contributed by atoms with van der Waals surface area (Å²) in [7, 11) is 0. The normalized spacial score (nSPS) is 12.7. The lowest BCUT2D eigenvalue weighted by Crippen LogP contribution is -2.28. The topological polar surface area (TPSA) is 25.8 Å². The summed E-state index contributed by atoms with van der Waals surface area (Å²) in [6.45, 7) is 0. The van der Waals surface area contributed by atoms with Gasteiger partial charge in [-0.15, -0.1) is 0 Å². The number of hydrogen-bond acceptors (Lipinski definition) is 2. The van der Waals surface area contributed by atoms with Crippen molar-refractivity contribution in [2.75, 3.05) is 0 Å². The monoisotopic (exact) mass is 774 g/mol. The van der Waals surface area contributed by atoms with Gasteiger partial charge in [-0.1, -0.05) is 224 Å². The van der Waals surface area contributed by atoms with Crippen LogP contribution in [0.1, 0.15) is 22.3 Å². The van der Waals surface area contributed by atoms with Gasteiger partial charge in [-0.05, 0) is 82.9 Å². The van der Waals surface area contributed by atoms with Crippen molar-refractivity contribution in [2.45, 2.75) is 5.41 Å². The van der Waals surface area contributed by atoms with E-state index < -0.39 is 5.41 Å². The summed E-state index contributed by atoms with van der Waals surface area (Å²) in [5.74, 6) is 0.712. The second kappa shape index (κ2) is 14.1. The first-order chi connectivity index (χ1) is 30.3. The summed E-state index contributed by atoms with van der Waals surface area (Å²) < 4.78 is 0. The molecule has 2 nitrogen and oxygen atoms in total. The van der Waals surface area contributed by atoms with Crippen molar-refractivity contribution < 1.29 is 0 Å². The van der Waals surface area contributed by atoms with E-state index in [1.807, 2.05) is 0 Å². The maximum Gasteiger partial charge on any atom is 0.161 e. The average molecular weight is 775 g/mol. The molecule has 1 aliphatic carbocycles. The molecule has 0 amide bonds. The molecule has 0 aliphatic heterocycles. The third-order valence-corrected chi connectivity index (χ3v) is 12.8. The first-order valence-corrected chi connectivity index (χ1v) is 21.0. The number of hydrogen-bond donors (Lipinski definition) is 0. The third kappa shape index (κ3) is 5.43. The van der Waals surface area contributed by atoms with Crippen molar-refractivity contribution in [3.05, 3.63) is 253 Å². The fraction of sp³-hybridized carbons (Fsp3) is 0.0169. The van der Waals surface area contributed by atoms with Crippen molar-refractivity contribution >= 4 is 32.3 Å². The van der Waals surface area contributed by atoms with E-state index in [4.69, 9.17) is 9.97 Å². The number of nitrogens with zero attached hydrogens (tertiary/aromatic N) is 2. The van der Waals surface area contributed by atoms with Crippen LogP contribution in [-0.2, 0) is 5.41 Å². The van der Waals surface area contributed by atoms with Gasteiger partial charge in [-0.3, -0.25) is 0 Å². The van der Waals surface area contributed by atoms with E-state index in [9.17, 15) is 0 Å². The second-order valence-electron chi connectivity index (χ2n) is 16.0. The van der Waals surface area contributed by atoms with Crippen LogP contribution >= 0.6 is 0 Å². The van der Waals surface area contributed by atoms with Gasteiger partial charge in [-0.2, -0.15) is 0 Å². The van der Waals surface area contributed by atoms with Crippen LogP contribution in [0.3, 0.4) is 0 Å². The molecule has 0 unspecified atom stereocenters. The predicted octanol–water partition coefficient (Wildman–Crippen LogP) is 15.0. The molecule has 61 heavy (non-hydrogen) atoms. The molecule has 0 spiro atoms. The Morgan fingerprint density at radius 1 is 0.311 bits per heavy atom. The largest absolute Gasteiger partial charge is 0.228 e.